The molecule has 0 aliphatic carbocycles. The molecule has 4 aliphatic heterocycles. The van der Waals surface area contributed by atoms with Gasteiger partial charge >= 0.3 is 12.2 Å². The maximum Gasteiger partial charge on any atom is 0.407 e. The molecule has 16 nitrogen and oxygen atoms in total. The van der Waals surface area contributed by atoms with Crippen molar-refractivity contribution in [1.29, 1.82) is 0 Å². The maximum atomic E-state index is 13.3. The number of aromatic nitrogens is 4. The van der Waals surface area contributed by atoms with Crippen LogP contribution in [0.5, 0.6) is 5.75 Å². The van der Waals surface area contributed by atoms with Gasteiger partial charge in [0.2, 0.25) is 11.8 Å². The molecule has 0 saturated carbocycles. The van der Waals surface area contributed by atoms with Crippen LogP contribution < -0.4 is 15.4 Å². The van der Waals surface area contributed by atoms with Crippen LogP contribution in [0.25, 0.3) is 44.2 Å². The highest BCUT2D eigenvalue weighted by Crippen LogP contribution is 2.44. The van der Waals surface area contributed by atoms with Crippen LogP contribution in [-0.2, 0) is 30.4 Å². The van der Waals surface area contributed by atoms with Crippen molar-refractivity contribution < 1.29 is 38.1 Å². The molecular formula is C53H74N8O8. The molecule has 3 aromatic carbocycles. The average molecular weight is 951 g/mol. The van der Waals surface area contributed by atoms with Crippen LogP contribution >= 0.6 is 0 Å². The molecule has 3 unspecified atom stereocenters. The molecule has 9 rings (SSSR count). The van der Waals surface area contributed by atoms with Gasteiger partial charge in [-0.15, -0.1) is 0 Å². The van der Waals surface area contributed by atoms with Crippen molar-refractivity contribution in [1.82, 2.24) is 40.4 Å². The fourth-order valence-corrected chi connectivity index (χ4v) is 9.95. The molecule has 6 heterocycles. The number of amides is 4. The van der Waals surface area contributed by atoms with Crippen molar-refractivity contribution >= 4 is 45.8 Å². The van der Waals surface area contributed by atoms with Gasteiger partial charge in [-0.1, -0.05) is 65.7 Å². The maximum absolute atomic E-state index is 13.3. The first-order valence-corrected chi connectivity index (χ1v) is 25.1. The number of hydrogen-bond donors (Lipinski definition) is 4. The lowest BCUT2D eigenvalue weighted by atomic mass is 9.92. The zero-order valence-corrected chi connectivity index (χ0v) is 42.3. The van der Waals surface area contributed by atoms with Crippen LogP contribution in [0.4, 0.5) is 9.59 Å². The topological polar surface area (TPSA) is 193 Å². The predicted molar refractivity (Wildman–Crippen MR) is 269 cm³/mol. The number of H-pyrrole nitrogens is 2. The lowest BCUT2D eigenvalue weighted by Gasteiger charge is -2.29. The third kappa shape index (κ3) is 12.2. The number of fused-ring (bicyclic) bond motifs is 6. The Morgan fingerprint density at radius 3 is 2.06 bits per heavy atom. The minimum Gasteiger partial charge on any atom is -0.488 e. The summed E-state index contributed by atoms with van der Waals surface area (Å²) in [4.78, 5) is 70.3. The van der Waals surface area contributed by atoms with E-state index in [-0.39, 0.29) is 49.1 Å². The molecule has 5 aromatic rings. The van der Waals surface area contributed by atoms with Crippen LogP contribution in [0, 0.1) is 0 Å². The Hall–Kier alpha value is -6.16. The number of rotatable bonds is 9. The summed E-state index contributed by atoms with van der Waals surface area (Å²) in [5, 5.41) is 7.00. The van der Waals surface area contributed by atoms with Gasteiger partial charge in [0, 0.05) is 23.0 Å². The number of imidazole rings is 2. The van der Waals surface area contributed by atoms with E-state index in [0.717, 1.165) is 99.9 Å². The Labute approximate surface area is 407 Å². The zero-order chi connectivity index (χ0) is 49.8. The van der Waals surface area contributed by atoms with Crippen molar-refractivity contribution in [3.8, 4) is 28.1 Å². The molecule has 0 spiro atoms. The van der Waals surface area contributed by atoms with Crippen LogP contribution in [0.15, 0.2) is 48.7 Å². The molecule has 3 fully saturated rings. The molecule has 4 amide bonds. The van der Waals surface area contributed by atoms with E-state index in [9.17, 15) is 19.2 Å². The van der Waals surface area contributed by atoms with E-state index in [0.29, 0.717) is 24.6 Å². The molecule has 2 aromatic heterocycles. The SMILES string of the molecule is CC.CC1CCC[C@@H](C)O1.CCC.CCC[C@H]1CCC(c2ncc(-c3ccc4c(c3)COc3cc5c(ccc6[nH]c(C7CC[C@H](C)N7C(=O)CNC(=O)OC)nc65)cc3-4)[nH]2)N1C(=O)CNC(=O)OC. The van der Waals surface area contributed by atoms with E-state index in [1.54, 1.807) is 4.90 Å². The standard InChI is InChI=1S/C41H46N8O7.C7H14O.C3H8.C2H6/c1-5-6-26-10-14-32(49(26)36(51)20-44-41(53)55-4)38-42-18-31(46-38)24-8-11-27-25(15-24)21-56-34-17-28-23(16-29(27)34)9-12-30-37(28)47-39(45-30)33-13-7-22(2)48(33)35(50)19-43-40(52)54-3;1-6-4-3-5-7(2)8-6;1-3-2;1-2/h8-9,11-12,15-18,22,26,32-33H,5-7,10,13-14,19-21H2,1-4H3,(H,42,46)(H,43,52)(H,44,53)(H,45,47);6-7H,3-5H2,1-2H3;3H2,1-2H3;1-2H3/t22-,26-,32?,33?;6-,7?;;/m01../s1. The van der Waals surface area contributed by atoms with Gasteiger partial charge in [0.1, 0.15) is 37.1 Å². The molecular weight excluding hydrogens is 877 g/mol. The number of likely N-dealkylation sites (tertiary alicyclic amines) is 2. The number of aromatic amines is 2. The number of hydrogen-bond acceptors (Lipinski definition) is 10. The van der Waals surface area contributed by atoms with Crippen LogP contribution in [-0.4, -0.2) is 105 Å². The van der Waals surface area contributed by atoms with E-state index in [1.807, 2.05) is 37.9 Å². The summed E-state index contributed by atoms with van der Waals surface area (Å²) in [7, 11) is 2.55. The molecule has 0 bridgehead atoms. The lowest BCUT2D eigenvalue weighted by Crippen LogP contribution is -2.43. The number of alkyl carbamates (subject to hydrolysis) is 2. The van der Waals surface area contributed by atoms with Crippen molar-refractivity contribution in [2.45, 2.75) is 163 Å². The molecule has 3 saturated heterocycles. The number of ether oxygens (including phenoxy) is 4. The zero-order valence-electron chi connectivity index (χ0n) is 42.3. The van der Waals surface area contributed by atoms with E-state index >= 15 is 0 Å². The number of carbonyl (C=O) groups is 4. The van der Waals surface area contributed by atoms with E-state index in [1.165, 1.54) is 39.9 Å². The summed E-state index contributed by atoms with van der Waals surface area (Å²) < 4.78 is 21.2. The Balaban J connectivity index is 0.000000531. The first-order chi connectivity index (χ1) is 33.4. The minimum absolute atomic E-state index is 0.00280. The number of nitrogens with zero attached hydrogens (tertiary/aromatic N) is 4. The summed E-state index contributed by atoms with van der Waals surface area (Å²) >= 11 is 0. The second kappa shape index (κ2) is 24.4. The van der Waals surface area contributed by atoms with Crippen molar-refractivity contribution in [2.75, 3.05) is 27.3 Å². The van der Waals surface area contributed by atoms with Crippen molar-refractivity contribution in [2.24, 2.45) is 0 Å². The van der Waals surface area contributed by atoms with Gasteiger partial charge in [0.15, 0.2) is 0 Å². The molecule has 4 N–H and O–H groups in total. The summed E-state index contributed by atoms with van der Waals surface area (Å²) in [6.07, 6.45) is 11.7. The highest BCUT2D eigenvalue weighted by molar-refractivity contribution is 6.07. The van der Waals surface area contributed by atoms with E-state index < -0.39 is 12.2 Å². The number of benzene rings is 3. The minimum atomic E-state index is -0.645. The Morgan fingerprint density at radius 1 is 0.768 bits per heavy atom. The normalized spacial score (nSPS) is 21.2. The van der Waals surface area contributed by atoms with Crippen LogP contribution in [0.2, 0.25) is 0 Å². The highest BCUT2D eigenvalue weighted by Gasteiger charge is 2.39. The molecule has 16 heteroatoms. The monoisotopic (exact) mass is 951 g/mol. The Kier molecular flexibility index (Phi) is 18.5. The van der Waals surface area contributed by atoms with Crippen molar-refractivity contribution in [3.63, 3.8) is 0 Å². The Bertz CT molecular complexity index is 2530. The van der Waals surface area contributed by atoms with Crippen LogP contribution in [0.3, 0.4) is 0 Å². The largest absolute Gasteiger partial charge is 0.488 e. The highest BCUT2D eigenvalue weighted by atomic mass is 16.5. The third-order valence-electron chi connectivity index (χ3n) is 13.1. The van der Waals surface area contributed by atoms with E-state index in [4.69, 9.17) is 19.4 Å². The predicted octanol–water partition coefficient (Wildman–Crippen LogP) is 10.7. The molecule has 4 aliphatic rings. The fourth-order valence-electron chi connectivity index (χ4n) is 9.95. The van der Waals surface area contributed by atoms with Gasteiger partial charge in [-0.3, -0.25) is 9.59 Å². The first kappa shape index (κ1) is 52.2. The quantitative estimate of drug-likeness (QED) is 0.110. The fraction of sp³-hybridized carbons (Fsp3) is 0.547. The van der Waals surface area contributed by atoms with E-state index in [2.05, 4.69) is 101 Å². The first-order valence-electron chi connectivity index (χ1n) is 25.1. The summed E-state index contributed by atoms with van der Waals surface area (Å²) in [5.74, 6) is 1.86. The lowest BCUT2D eigenvalue weighted by molar-refractivity contribution is -0.134. The number of carbonyl (C=O) groups excluding carboxylic acids is 4. The average Bonchev–Trinajstić information content (AvgIpc) is 4.19. The van der Waals surface area contributed by atoms with Gasteiger partial charge in [-0.25, -0.2) is 19.6 Å². The van der Waals surface area contributed by atoms with Gasteiger partial charge in [0.25, 0.3) is 0 Å². The summed E-state index contributed by atoms with van der Waals surface area (Å²) in [6, 6.07) is 14.2. The third-order valence-corrected chi connectivity index (χ3v) is 13.1. The van der Waals surface area contributed by atoms with Crippen LogP contribution in [0.1, 0.15) is 149 Å². The summed E-state index contributed by atoms with van der Waals surface area (Å²) in [6.45, 7) is 16.8. The molecule has 0 radical (unpaired) electrons. The van der Waals surface area contributed by atoms with Gasteiger partial charge in [-0.2, -0.15) is 0 Å². The van der Waals surface area contributed by atoms with Gasteiger partial charge in [-0.05, 0) is 118 Å². The smallest absolute Gasteiger partial charge is 0.407 e. The molecule has 6 atom stereocenters. The summed E-state index contributed by atoms with van der Waals surface area (Å²) in [5.41, 5.74) is 6.61. The van der Waals surface area contributed by atoms with Gasteiger partial charge in [0.05, 0.1) is 61.4 Å². The number of methoxy groups -OCH3 is 2. The molecule has 374 valence electrons. The van der Waals surface area contributed by atoms with Crippen molar-refractivity contribution in [3.05, 3.63) is 65.9 Å². The second-order valence-electron chi connectivity index (χ2n) is 18.2. The molecule has 69 heavy (non-hydrogen) atoms. The number of nitrogens with one attached hydrogen (secondary N) is 4. The van der Waals surface area contributed by atoms with Gasteiger partial charge < -0.3 is 49.3 Å². The second-order valence-corrected chi connectivity index (χ2v) is 18.2. The Morgan fingerprint density at radius 2 is 1.42 bits per heavy atom.